The molecule has 0 radical (unpaired) electrons. The molecule has 1 saturated carbocycles. The Kier molecular flexibility index (Phi) is 8.69. The number of ether oxygens (including phenoxy) is 1. The van der Waals surface area contributed by atoms with E-state index in [1.807, 2.05) is 56.3 Å². The number of carboxylic acid groups (broad SMARTS) is 1. The summed E-state index contributed by atoms with van der Waals surface area (Å²) < 4.78 is 5.45. The Hall–Kier alpha value is -3.13. The van der Waals surface area contributed by atoms with Crippen LogP contribution in [0, 0.1) is 11.8 Å². The van der Waals surface area contributed by atoms with E-state index in [0.717, 1.165) is 41.7 Å². The standard InChI is InChI=1S/C29H36N2O5S/c1-19(2)31(27(32)23-11-9-20(3)10-12-23)24-17-25(37-26(24)28(33)34)22-13-15-30(16-14-22)29(35)36-18-21-7-5-4-6-8-21/h4-8,13,17,19-20,23H,9-12,14-16,18H2,1-3H3,(H,33,34). The predicted molar refractivity (Wildman–Crippen MR) is 146 cm³/mol. The van der Waals surface area contributed by atoms with Crippen LogP contribution in [0.15, 0.2) is 42.5 Å². The first-order chi connectivity index (χ1) is 17.7. The zero-order valence-electron chi connectivity index (χ0n) is 21.8. The molecular weight excluding hydrogens is 488 g/mol. The Balaban J connectivity index is 1.48. The number of aromatic carboxylic acids is 1. The number of nitrogens with zero attached hydrogens (tertiary/aromatic N) is 2. The van der Waals surface area contributed by atoms with E-state index >= 15 is 0 Å². The quantitative estimate of drug-likeness (QED) is 0.450. The molecule has 1 aliphatic carbocycles. The second-order valence-corrected chi connectivity index (χ2v) is 11.4. The van der Waals surface area contributed by atoms with Crippen LogP contribution < -0.4 is 4.90 Å². The highest BCUT2D eigenvalue weighted by Gasteiger charge is 2.34. The molecule has 7 nitrogen and oxygen atoms in total. The Labute approximate surface area is 222 Å². The summed E-state index contributed by atoms with van der Waals surface area (Å²) >= 11 is 1.21. The lowest BCUT2D eigenvalue weighted by atomic mass is 9.82. The molecule has 37 heavy (non-hydrogen) atoms. The number of thiophene rings is 1. The topological polar surface area (TPSA) is 87.2 Å². The van der Waals surface area contributed by atoms with Gasteiger partial charge >= 0.3 is 12.1 Å². The zero-order valence-corrected chi connectivity index (χ0v) is 22.6. The van der Waals surface area contributed by atoms with Crippen LogP contribution in [-0.2, 0) is 16.1 Å². The van der Waals surface area contributed by atoms with Crippen LogP contribution in [0.5, 0.6) is 0 Å². The van der Waals surface area contributed by atoms with Crippen molar-refractivity contribution in [3.05, 3.63) is 57.8 Å². The second kappa shape index (κ2) is 11.9. The van der Waals surface area contributed by atoms with Gasteiger partial charge in [-0.05, 0) is 69.1 Å². The number of carbonyl (C=O) groups excluding carboxylic acids is 2. The summed E-state index contributed by atoms with van der Waals surface area (Å²) in [7, 11) is 0. The number of anilines is 1. The number of hydrogen-bond donors (Lipinski definition) is 1. The normalized spacial score (nSPS) is 19.9. The fourth-order valence-electron chi connectivity index (χ4n) is 5.10. The van der Waals surface area contributed by atoms with Gasteiger partial charge in [0.1, 0.15) is 11.5 Å². The summed E-state index contributed by atoms with van der Waals surface area (Å²) in [6.07, 6.45) is 5.94. The van der Waals surface area contributed by atoms with Crippen molar-refractivity contribution in [3.63, 3.8) is 0 Å². The maximum Gasteiger partial charge on any atom is 0.410 e. The van der Waals surface area contributed by atoms with Gasteiger partial charge < -0.3 is 19.6 Å². The predicted octanol–water partition coefficient (Wildman–Crippen LogP) is 6.44. The molecule has 8 heteroatoms. The van der Waals surface area contributed by atoms with Crippen molar-refractivity contribution >= 4 is 40.6 Å². The third kappa shape index (κ3) is 6.42. The molecule has 0 atom stereocenters. The lowest BCUT2D eigenvalue weighted by Gasteiger charge is -2.33. The molecule has 0 spiro atoms. The van der Waals surface area contributed by atoms with Crippen LogP contribution in [0.1, 0.15) is 73.0 Å². The average Bonchev–Trinajstić information content (AvgIpc) is 3.33. The SMILES string of the molecule is CC1CCC(C(=O)N(c2cc(C3=CCN(C(=O)OCc4ccccc4)CC3)sc2C(=O)O)C(C)C)CC1. The molecule has 0 saturated heterocycles. The summed E-state index contributed by atoms with van der Waals surface area (Å²) in [4.78, 5) is 42.6. The van der Waals surface area contributed by atoms with Gasteiger partial charge in [0, 0.05) is 29.9 Å². The second-order valence-electron chi connectivity index (χ2n) is 10.4. The minimum Gasteiger partial charge on any atom is -0.477 e. The van der Waals surface area contributed by atoms with E-state index in [1.165, 1.54) is 11.3 Å². The fraction of sp³-hybridized carbons (Fsp3) is 0.483. The lowest BCUT2D eigenvalue weighted by molar-refractivity contribution is -0.123. The molecule has 1 fully saturated rings. The van der Waals surface area contributed by atoms with Gasteiger partial charge in [-0.1, -0.05) is 43.3 Å². The van der Waals surface area contributed by atoms with E-state index in [2.05, 4.69) is 6.92 Å². The van der Waals surface area contributed by atoms with E-state index in [-0.39, 0.29) is 35.4 Å². The van der Waals surface area contributed by atoms with Crippen molar-refractivity contribution in [1.29, 1.82) is 0 Å². The molecule has 2 aliphatic rings. The van der Waals surface area contributed by atoms with Crippen molar-refractivity contribution in [2.45, 2.75) is 65.5 Å². The number of carboxylic acids is 1. The van der Waals surface area contributed by atoms with Gasteiger partial charge in [-0.25, -0.2) is 9.59 Å². The minimum absolute atomic E-state index is 0.0266. The van der Waals surface area contributed by atoms with Crippen LogP contribution in [0.3, 0.4) is 0 Å². The van der Waals surface area contributed by atoms with Crippen LogP contribution in [0.25, 0.3) is 5.57 Å². The number of hydrogen-bond acceptors (Lipinski definition) is 5. The maximum absolute atomic E-state index is 13.6. The zero-order chi connectivity index (χ0) is 26.5. The largest absolute Gasteiger partial charge is 0.477 e. The number of rotatable bonds is 7. The van der Waals surface area contributed by atoms with Crippen molar-refractivity contribution in [2.75, 3.05) is 18.0 Å². The summed E-state index contributed by atoms with van der Waals surface area (Å²) in [5.74, 6) is -0.427. The first kappa shape index (κ1) is 26.9. The van der Waals surface area contributed by atoms with Crippen molar-refractivity contribution in [2.24, 2.45) is 11.8 Å². The molecule has 1 N–H and O–H groups in total. The molecule has 1 aromatic heterocycles. The van der Waals surface area contributed by atoms with Crippen LogP contribution in [0.2, 0.25) is 0 Å². The van der Waals surface area contributed by atoms with E-state index in [1.54, 1.807) is 9.80 Å². The molecule has 1 aliphatic heterocycles. The average molecular weight is 525 g/mol. The summed E-state index contributed by atoms with van der Waals surface area (Å²) in [5.41, 5.74) is 2.41. The molecule has 0 bridgehead atoms. The molecule has 0 unspecified atom stereocenters. The summed E-state index contributed by atoms with van der Waals surface area (Å²) in [6, 6.07) is 11.3. The third-order valence-corrected chi connectivity index (χ3v) is 8.46. The van der Waals surface area contributed by atoms with Crippen LogP contribution >= 0.6 is 11.3 Å². The van der Waals surface area contributed by atoms with Crippen LogP contribution in [-0.4, -0.2) is 47.1 Å². The van der Waals surface area contributed by atoms with Gasteiger partial charge in [0.2, 0.25) is 5.91 Å². The molecule has 2 aromatic rings. The van der Waals surface area contributed by atoms with Gasteiger partial charge in [0.25, 0.3) is 0 Å². The summed E-state index contributed by atoms with van der Waals surface area (Å²) in [6.45, 7) is 7.20. The van der Waals surface area contributed by atoms with Crippen molar-refractivity contribution in [1.82, 2.24) is 4.90 Å². The molecule has 198 valence electrons. The monoisotopic (exact) mass is 524 g/mol. The third-order valence-electron chi connectivity index (χ3n) is 7.27. The van der Waals surface area contributed by atoms with Crippen molar-refractivity contribution < 1.29 is 24.2 Å². The first-order valence-corrected chi connectivity index (χ1v) is 13.9. The Morgan fingerprint density at radius 1 is 1.14 bits per heavy atom. The van der Waals surface area contributed by atoms with Crippen molar-refractivity contribution in [3.8, 4) is 0 Å². The van der Waals surface area contributed by atoms with E-state index in [4.69, 9.17) is 4.74 Å². The summed E-state index contributed by atoms with van der Waals surface area (Å²) in [5, 5.41) is 9.99. The molecule has 2 heterocycles. The molecule has 2 amide bonds. The Bertz CT molecular complexity index is 1150. The van der Waals surface area contributed by atoms with E-state index in [0.29, 0.717) is 31.1 Å². The molecule has 4 rings (SSSR count). The highest BCUT2D eigenvalue weighted by atomic mass is 32.1. The van der Waals surface area contributed by atoms with Gasteiger partial charge in [-0.15, -0.1) is 11.3 Å². The molecule has 1 aromatic carbocycles. The fourth-order valence-corrected chi connectivity index (χ4v) is 6.15. The number of amides is 2. The minimum atomic E-state index is -1.02. The number of benzene rings is 1. The Morgan fingerprint density at radius 2 is 1.84 bits per heavy atom. The van der Waals surface area contributed by atoms with Gasteiger partial charge in [-0.3, -0.25) is 4.79 Å². The lowest BCUT2D eigenvalue weighted by Crippen LogP contribution is -2.42. The highest BCUT2D eigenvalue weighted by molar-refractivity contribution is 7.15. The first-order valence-electron chi connectivity index (χ1n) is 13.1. The molecular formula is C29H36N2O5S. The van der Waals surface area contributed by atoms with Gasteiger partial charge in [0.05, 0.1) is 5.69 Å². The van der Waals surface area contributed by atoms with Gasteiger partial charge in [-0.2, -0.15) is 0 Å². The van der Waals surface area contributed by atoms with E-state index in [9.17, 15) is 19.5 Å². The highest BCUT2D eigenvalue weighted by Crippen LogP contribution is 2.39. The van der Waals surface area contributed by atoms with Crippen LogP contribution in [0.4, 0.5) is 10.5 Å². The van der Waals surface area contributed by atoms with Gasteiger partial charge in [0.15, 0.2) is 0 Å². The smallest absolute Gasteiger partial charge is 0.410 e. The Morgan fingerprint density at radius 3 is 2.43 bits per heavy atom. The van der Waals surface area contributed by atoms with E-state index < -0.39 is 5.97 Å². The number of carbonyl (C=O) groups is 3. The maximum atomic E-state index is 13.6.